The topological polar surface area (TPSA) is 103 Å². The Morgan fingerprint density at radius 3 is 2.08 bits per heavy atom. The van der Waals surface area contributed by atoms with E-state index in [4.69, 9.17) is 14.2 Å². The van der Waals surface area contributed by atoms with Crippen molar-refractivity contribution in [3.8, 4) is 11.5 Å². The van der Waals surface area contributed by atoms with Crippen molar-refractivity contribution in [3.05, 3.63) is 23.8 Å². The SMILES string of the molecule is COc1cc(OC)cc(C(=O)OCC(=O)NCC(=O)NC(C)C)c1. The van der Waals surface area contributed by atoms with Gasteiger partial charge in [0.2, 0.25) is 5.91 Å². The highest BCUT2D eigenvalue weighted by Crippen LogP contribution is 2.22. The van der Waals surface area contributed by atoms with Crippen LogP contribution in [0.25, 0.3) is 0 Å². The number of methoxy groups -OCH3 is 2. The van der Waals surface area contributed by atoms with Gasteiger partial charge < -0.3 is 24.8 Å². The Morgan fingerprint density at radius 1 is 1.00 bits per heavy atom. The molecule has 0 bridgehead atoms. The molecule has 2 N–H and O–H groups in total. The standard InChI is InChI=1S/C16H22N2O6/c1-10(2)18-14(19)8-17-15(20)9-24-16(21)11-5-12(22-3)7-13(6-11)23-4/h5-7,10H,8-9H2,1-4H3,(H,17,20)(H,18,19). The van der Waals surface area contributed by atoms with Gasteiger partial charge in [0.25, 0.3) is 5.91 Å². The maximum Gasteiger partial charge on any atom is 0.338 e. The molecule has 24 heavy (non-hydrogen) atoms. The van der Waals surface area contributed by atoms with Gasteiger partial charge in [-0.2, -0.15) is 0 Å². The number of carbonyl (C=O) groups excluding carboxylic acids is 3. The van der Waals surface area contributed by atoms with Crippen LogP contribution < -0.4 is 20.1 Å². The van der Waals surface area contributed by atoms with Crippen LogP contribution in [0.2, 0.25) is 0 Å². The van der Waals surface area contributed by atoms with E-state index in [1.807, 2.05) is 13.8 Å². The maximum atomic E-state index is 12.0. The first-order chi connectivity index (χ1) is 11.3. The van der Waals surface area contributed by atoms with E-state index in [2.05, 4.69) is 10.6 Å². The first kappa shape index (κ1) is 19.3. The summed E-state index contributed by atoms with van der Waals surface area (Å²) >= 11 is 0. The Bertz CT molecular complexity index is 578. The smallest absolute Gasteiger partial charge is 0.338 e. The maximum absolute atomic E-state index is 12.0. The molecule has 8 nitrogen and oxygen atoms in total. The summed E-state index contributed by atoms with van der Waals surface area (Å²) in [6.07, 6.45) is 0. The van der Waals surface area contributed by atoms with E-state index in [1.165, 1.54) is 26.4 Å². The lowest BCUT2D eigenvalue weighted by Gasteiger charge is -2.10. The average molecular weight is 338 g/mol. The highest BCUT2D eigenvalue weighted by molar-refractivity contribution is 5.92. The quantitative estimate of drug-likeness (QED) is 0.669. The predicted molar refractivity (Wildman–Crippen MR) is 86.1 cm³/mol. The van der Waals surface area contributed by atoms with Crippen LogP contribution in [-0.2, 0) is 14.3 Å². The van der Waals surface area contributed by atoms with Gasteiger partial charge in [0.15, 0.2) is 6.61 Å². The third kappa shape index (κ3) is 6.55. The van der Waals surface area contributed by atoms with E-state index >= 15 is 0 Å². The fraction of sp³-hybridized carbons (Fsp3) is 0.438. The molecule has 8 heteroatoms. The minimum Gasteiger partial charge on any atom is -0.497 e. The van der Waals surface area contributed by atoms with Crippen LogP contribution in [-0.4, -0.2) is 51.2 Å². The summed E-state index contributed by atoms with van der Waals surface area (Å²) in [6.45, 7) is 2.95. The minimum atomic E-state index is -0.700. The van der Waals surface area contributed by atoms with Gasteiger partial charge in [0, 0.05) is 12.1 Å². The van der Waals surface area contributed by atoms with Gasteiger partial charge in [-0.3, -0.25) is 9.59 Å². The zero-order chi connectivity index (χ0) is 18.1. The molecule has 1 aromatic rings. The van der Waals surface area contributed by atoms with Gasteiger partial charge in [0.1, 0.15) is 11.5 Å². The van der Waals surface area contributed by atoms with Crippen LogP contribution >= 0.6 is 0 Å². The van der Waals surface area contributed by atoms with Gasteiger partial charge in [-0.25, -0.2) is 4.79 Å². The van der Waals surface area contributed by atoms with Crippen LogP contribution in [0.15, 0.2) is 18.2 Å². The van der Waals surface area contributed by atoms with Crippen molar-refractivity contribution in [3.63, 3.8) is 0 Å². The molecule has 0 fully saturated rings. The van der Waals surface area contributed by atoms with Gasteiger partial charge in [0.05, 0.1) is 26.3 Å². The number of benzene rings is 1. The first-order valence-corrected chi connectivity index (χ1v) is 7.32. The lowest BCUT2D eigenvalue weighted by atomic mass is 10.2. The summed E-state index contributed by atoms with van der Waals surface area (Å²) in [4.78, 5) is 35.0. The van der Waals surface area contributed by atoms with Crippen LogP contribution in [0.4, 0.5) is 0 Å². The van der Waals surface area contributed by atoms with E-state index in [9.17, 15) is 14.4 Å². The lowest BCUT2D eigenvalue weighted by Crippen LogP contribution is -2.41. The van der Waals surface area contributed by atoms with Crippen molar-refractivity contribution in [2.75, 3.05) is 27.4 Å². The molecule has 1 rings (SSSR count). The molecule has 132 valence electrons. The Balaban J connectivity index is 2.51. The molecule has 0 aliphatic heterocycles. The van der Waals surface area contributed by atoms with Crippen molar-refractivity contribution in [2.45, 2.75) is 19.9 Å². The van der Waals surface area contributed by atoms with Crippen molar-refractivity contribution in [1.82, 2.24) is 10.6 Å². The molecule has 0 saturated carbocycles. The molecule has 0 spiro atoms. The van der Waals surface area contributed by atoms with Crippen molar-refractivity contribution in [2.24, 2.45) is 0 Å². The number of esters is 1. The molecule has 0 heterocycles. The fourth-order valence-electron chi connectivity index (χ4n) is 1.74. The summed E-state index contributed by atoms with van der Waals surface area (Å²) in [7, 11) is 2.92. The van der Waals surface area contributed by atoms with Gasteiger partial charge >= 0.3 is 5.97 Å². The molecule has 0 atom stereocenters. The summed E-state index contributed by atoms with van der Waals surface area (Å²) in [5, 5.41) is 4.99. The molecule has 0 aromatic heterocycles. The van der Waals surface area contributed by atoms with Gasteiger partial charge in [-0.1, -0.05) is 0 Å². The Labute approximate surface area is 140 Å². The molecule has 0 aliphatic rings. The largest absolute Gasteiger partial charge is 0.497 e. The molecule has 0 aliphatic carbocycles. The second kappa shape index (κ2) is 9.39. The van der Waals surface area contributed by atoms with Crippen LogP contribution in [0.1, 0.15) is 24.2 Å². The molecule has 2 amide bonds. The second-order valence-corrected chi connectivity index (χ2v) is 5.18. The number of amides is 2. The van der Waals surface area contributed by atoms with Crippen molar-refractivity contribution >= 4 is 17.8 Å². The number of carbonyl (C=O) groups is 3. The minimum absolute atomic E-state index is 0.0183. The average Bonchev–Trinajstić information content (AvgIpc) is 2.56. The Morgan fingerprint density at radius 2 is 1.58 bits per heavy atom. The van der Waals surface area contributed by atoms with E-state index in [1.54, 1.807) is 6.07 Å². The van der Waals surface area contributed by atoms with E-state index in [0.29, 0.717) is 11.5 Å². The zero-order valence-electron chi connectivity index (χ0n) is 14.2. The lowest BCUT2D eigenvalue weighted by molar-refractivity contribution is -0.128. The number of nitrogens with one attached hydrogen (secondary N) is 2. The summed E-state index contributed by atoms with van der Waals surface area (Å²) < 4.78 is 15.0. The summed E-state index contributed by atoms with van der Waals surface area (Å²) in [5.74, 6) is -0.736. The normalized spacial score (nSPS) is 10.0. The molecule has 0 radical (unpaired) electrons. The van der Waals surface area contributed by atoms with E-state index < -0.39 is 18.5 Å². The number of hydrogen-bond donors (Lipinski definition) is 2. The highest BCUT2D eigenvalue weighted by Gasteiger charge is 2.14. The third-order valence-corrected chi connectivity index (χ3v) is 2.82. The molecule has 0 unspecified atom stereocenters. The van der Waals surface area contributed by atoms with Gasteiger partial charge in [-0.15, -0.1) is 0 Å². The number of hydrogen-bond acceptors (Lipinski definition) is 6. The molecule has 1 aromatic carbocycles. The number of rotatable bonds is 8. The van der Waals surface area contributed by atoms with Crippen LogP contribution in [0.3, 0.4) is 0 Å². The third-order valence-electron chi connectivity index (χ3n) is 2.82. The Kier molecular flexibility index (Phi) is 7.54. The fourth-order valence-corrected chi connectivity index (χ4v) is 1.74. The molecule has 0 saturated heterocycles. The molecular weight excluding hydrogens is 316 g/mol. The second-order valence-electron chi connectivity index (χ2n) is 5.18. The van der Waals surface area contributed by atoms with E-state index in [0.717, 1.165) is 0 Å². The molecular formula is C16H22N2O6. The first-order valence-electron chi connectivity index (χ1n) is 7.32. The van der Waals surface area contributed by atoms with Crippen molar-refractivity contribution in [1.29, 1.82) is 0 Å². The number of ether oxygens (including phenoxy) is 3. The van der Waals surface area contributed by atoms with Crippen LogP contribution in [0.5, 0.6) is 11.5 Å². The Hall–Kier alpha value is -2.77. The van der Waals surface area contributed by atoms with Gasteiger partial charge in [-0.05, 0) is 26.0 Å². The zero-order valence-corrected chi connectivity index (χ0v) is 14.2. The van der Waals surface area contributed by atoms with Crippen molar-refractivity contribution < 1.29 is 28.6 Å². The monoisotopic (exact) mass is 338 g/mol. The predicted octanol–water partition coefficient (Wildman–Crippen LogP) is 0.501. The summed E-state index contributed by atoms with van der Waals surface area (Å²) in [5.41, 5.74) is 0.191. The highest BCUT2D eigenvalue weighted by atomic mass is 16.5. The van der Waals surface area contributed by atoms with Crippen LogP contribution in [0, 0.1) is 0 Å². The van der Waals surface area contributed by atoms with E-state index in [-0.39, 0.29) is 24.1 Å². The summed E-state index contributed by atoms with van der Waals surface area (Å²) in [6, 6.07) is 4.53.